The second-order valence-corrected chi connectivity index (χ2v) is 8.06. The third kappa shape index (κ3) is 5.11. The van der Waals surface area contributed by atoms with Gasteiger partial charge in [-0.1, -0.05) is 27.5 Å². The van der Waals surface area contributed by atoms with E-state index in [0.717, 1.165) is 4.47 Å². The van der Waals surface area contributed by atoms with Crippen LogP contribution in [0.5, 0.6) is 0 Å². The van der Waals surface area contributed by atoms with Gasteiger partial charge in [0, 0.05) is 30.7 Å². The van der Waals surface area contributed by atoms with E-state index in [9.17, 15) is 9.59 Å². The summed E-state index contributed by atoms with van der Waals surface area (Å²) < 4.78 is 6.21. The third-order valence-electron chi connectivity index (χ3n) is 3.59. The molecule has 24 heavy (non-hydrogen) atoms. The molecule has 2 amide bonds. The second kappa shape index (κ2) is 7.74. The number of ether oxygens (including phenoxy) is 1. The summed E-state index contributed by atoms with van der Waals surface area (Å²) in [6, 6.07) is 5.22. The van der Waals surface area contributed by atoms with Crippen molar-refractivity contribution < 1.29 is 14.3 Å². The van der Waals surface area contributed by atoms with E-state index in [1.165, 1.54) is 0 Å². The highest BCUT2D eigenvalue weighted by atomic mass is 79.9. The number of carbonyl (C=O) groups excluding carboxylic acids is 2. The van der Waals surface area contributed by atoms with Gasteiger partial charge in [0.1, 0.15) is 5.60 Å². The van der Waals surface area contributed by atoms with Gasteiger partial charge in [-0.2, -0.15) is 0 Å². The highest BCUT2D eigenvalue weighted by Crippen LogP contribution is 2.23. The second-order valence-electron chi connectivity index (χ2n) is 6.74. The topological polar surface area (TPSA) is 49.9 Å². The molecule has 1 aromatic rings. The summed E-state index contributed by atoms with van der Waals surface area (Å²) in [5.41, 5.74) is -0.0558. The summed E-state index contributed by atoms with van der Waals surface area (Å²) in [5, 5.41) is 0.427. The average molecular weight is 418 g/mol. The molecule has 1 aliphatic heterocycles. The van der Waals surface area contributed by atoms with Crippen molar-refractivity contribution in [3.63, 3.8) is 0 Å². The zero-order valence-corrected chi connectivity index (χ0v) is 16.5. The molecule has 1 heterocycles. The van der Waals surface area contributed by atoms with E-state index >= 15 is 0 Å². The number of halogens is 2. The number of rotatable bonds is 1. The van der Waals surface area contributed by atoms with Crippen molar-refractivity contribution in [3.05, 3.63) is 33.3 Å². The summed E-state index contributed by atoms with van der Waals surface area (Å²) >= 11 is 9.51. The lowest BCUT2D eigenvalue weighted by molar-refractivity contribution is 0.0255. The van der Waals surface area contributed by atoms with E-state index in [1.54, 1.807) is 28.0 Å². The van der Waals surface area contributed by atoms with Gasteiger partial charge in [-0.25, -0.2) is 4.79 Å². The molecule has 2 rings (SSSR count). The quantitative estimate of drug-likeness (QED) is 0.688. The smallest absolute Gasteiger partial charge is 0.410 e. The number of nitrogens with zero attached hydrogens (tertiary/aromatic N) is 2. The van der Waals surface area contributed by atoms with Crippen molar-refractivity contribution in [2.24, 2.45) is 0 Å². The summed E-state index contributed by atoms with van der Waals surface area (Å²) in [5.74, 6) is -0.118. The Bertz CT molecular complexity index is 631. The van der Waals surface area contributed by atoms with Gasteiger partial charge in [0.05, 0.1) is 10.6 Å². The van der Waals surface area contributed by atoms with Crippen LogP contribution in [0.4, 0.5) is 4.79 Å². The Kier molecular flexibility index (Phi) is 6.15. The fraction of sp³-hybridized carbons (Fsp3) is 0.529. The molecule has 0 saturated carbocycles. The first kappa shape index (κ1) is 19.1. The normalized spacial score (nSPS) is 15.9. The first-order valence-corrected chi connectivity index (χ1v) is 9.07. The first-order valence-electron chi connectivity index (χ1n) is 7.89. The van der Waals surface area contributed by atoms with Crippen molar-refractivity contribution in [2.75, 3.05) is 26.2 Å². The molecule has 1 saturated heterocycles. The third-order valence-corrected chi connectivity index (χ3v) is 4.42. The maximum absolute atomic E-state index is 12.7. The number of hydrogen-bond donors (Lipinski definition) is 0. The van der Waals surface area contributed by atoms with Crippen LogP contribution < -0.4 is 0 Å². The van der Waals surface area contributed by atoms with Gasteiger partial charge in [-0.05, 0) is 45.4 Å². The molecule has 0 N–H and O–H groups in total. The summed E-state index contributed by atoms with van der Waals surface area (Å²) in [6.45, 7) is 7.59. The lowest BCUT2D eigenvalue weighted by Gasteiger charge is -2.26. The molecule has 0 spiro atoms. The van der Waals surface area contributed by atoms with Crippen LogP contribution in [0.3, 0.4) is 0 Å². The monoisotopic (exact) mass is 416 g/mol. The fourth-order valence-electron chi connectivity index (χ4n) is 2.46. The Morgan fingerprint density at radius 1 is 1.12 bits per heavy atom. The molecule has 1 fully saturated rings. The standard InChI is InChI=1S/C17H22BrClN2O3/c1-17(2,3)24-16(23)21-8-4-7-20(9-10-21)15(22)13-11-12(18)5-6-14(13)19/h5-6,11H,4,7-10H2,1-3H3. The maximum Gasteiger partial charge on any atom is 0.410 e. The van der Waals surface area contributed by atoms with Crippen LogP contribution in [0.25, 0.3) is 0 Å². The highest BCUT2D eigenvalue weighted by Gasteiger charge is 2.27. The largest absolute Gasteiger partial charge is 0.444 e. The van der Waals surface area contributed by atoms with E-state index in [2.05, 4.69) is 15.9 Å². The average Bonchev–Trinajstić information content (AvgIpc) is 2.73. The van der Waals surface area contributed by atoms with Crippen LogP contribution >= 0.6 is 27.5 Å². The molecule has 0 aliphatic carbocycles. The molecule has 132 valence electrons. The minimum Gasteiger partial charge on any atom is -0.444 e. The molecule has 0 radical (unpaired) electrons. The highest BCUT2D eigenvalue weighted by molar-refractivity contribution is 9.10. The number of amides is 2. The summed E-state index contributed by atoms with van der Waals surface area (Å²) in [4.78, 5) is 28.3. The summed E-state index contributed by atoms with van der Waals surface area (Å²) in [7, 11) is 0. The van der Waals surface area contributed by atoms with Crippen LogP contribution in [-0.4, -0.2) is 53.6 Å². The Morgan fingerprint density at radius 2 is 1.75 bits per heavy atom. The number of hydrogen-bond acceptors (Lipinski definition) is 3. The molecular formula is C17H22BrClN2O3. The van der Waals surface area contributed by atoms with Crippen molar-refractivity contribution in [3.8, 4) is 0 Å². The Morgan fingerprint density at radius 3 is 2.42 bits per heavy atom. The van der Waals surface area contributed by atoms with Crippen LogP contribution in [0.2, 0.25) is 5.02 Å². The van der Waals surface area contributed by atoms with Gasteiger partial charge >= 0.3 is 6.09 Å². The molecule has 0 unspecified atom stereocenters. The minimum absolute atomic E-state index is 0.118. The zero-order valence-electron chi connectivity index (χ0n) is 14.1. The minimum atomic E-state index is -0.525. The van der Waals surface area contributed by atoms with Gasteiger partial charge in [-0.15, -0.1) is 0 Å². The van der Waals surface area contributed by atoms with E-state index in [0.29, 0.717) is 43.2 Å². The van der Waals surface area contributed by atoms with Gasteiger partial charge in [-0.3, -0.25) is 4.79 Å². The van der Waals surface area contributed by atoms with Crippen molar-refractivity contribution in [1.82, 2.24) is 9.80 Å². The van der Waals surface area contributed by atoms with Crippen molar-refractivity contribution >= 4 is 39.5 Å². The van der Waals surface area contributed by atoms with E-state index in [4.69, 9.17) is 16.3 Å². The van der Waals surface area contributed by atoms with E-state index < -0.39 is 5.60 Å². The molecular weight excluding hydrogens is 396 g/mol. The predicted molar refractivity (Wildman–Crippen MR) is 97.5 cm³/mol. The predicted octanol–water partition coefficient (Wildman–Crippen LogP) is 4.19. The first-order chi connectivity index (χ1) is 11.2. The molecule has 1 aromatic carbocycles. The summed E-state index contributed by atoms with van der Waals surface area (Å²) in [6.07, 6.45) is 0.369. The Balaban J connectivity index is 2.04. The molecule has 0 bridgehead atoms. The lowest BCUT2D eigenvalue weighted by Crippen LogP contribution is -2.40. The molecule has 0 atom stereocenters. The van der Waals surface area contributed by atoms with Gasteiger partial charge in [0.2, 0.25) is 0 Å². The van der Waals surface area contributed by atoms with Gasteiger partial charge in [0.15, 0.2) is 0 Å². The molecule has 0 aromatic heterocycles. The maximum atomic E-state index is 12.7. The molecule has 7 heteroatoms. The number of benzene rings is 1. The van der Waals surface area contributed by atoms with E-state index in [1.807, 2.05) is 20.8 Å². The lowest BCUT2D eigenvalue weighted by atomic mass is 10.2. The Labute approximate surface area is 156 Å². The van der Waals surface area contributed by atoms with Crippen LogP contribution in [0.1, 0.15) is 37.6 Å². The molecule has 5 nitrogen and oxygen atoms in total. The zero-order chi connectivity index (χ0) is 17.9. The Hall–Kier alpha value is -1.27. The van der Waals surface area contributed by atoms with Crippen LogP contribution in [-0.2, 0) is 4.74 Å². The van der Waals surface area contributed by atoms with Crippen molar-refractivity contribution in [2.45, 2.75) is 32.8 Å². The van der Waals surface area contributed by atoms with Crippen molar-refractivity contribution in [1.29, 1.82) is 0 Å². The van der Waals surface area contributed by atoms with Gasteiger partial charge in [0.25, 0.3) is 5.91 Å². The van der Waals surface area contributed by atoms with Crippen LogP contribution in [0.15, 0.2) is 22.7 Å². The number of carbonyl (C=O) groups is 2. The van der Waals surface area contributed by atoms with Gasteiger partial charge < -0.3 is 14.5 Å². The SMILES string of the molecule is CC(C)(C)OC(=O)N1CCCN(C(=O)c2cc(Br)ccc2Cl)CC1. The van der Waals surface area contributed by atoms with Crippen LogP contribution in [0, 0.1) is 0 Å². The molecule has 1 aliphatic rings. The fourth-order valence-corrected chi connectivity index (χ4v) is 3.02. The van der Waals surface area contributed by atoms with E-state index in [-0.39, 0.29) is 12.0 Å².